The first-order chi connectivity index (χ1) is 9.20. The maximum atomic E-state index is 11.2. The van der Waals surface area contributed by atoms with Crippen LogP contribution in [-0.4, -0.2) is 22.4 Å². The number of carbonyl (C=O) groups is 1. The molecule has 100 valence electrons. The highest BCUT2D eigenvalue weighted by atomic mass is 32.1. The largest absolute Gasteiger partial charge is 0.384 e. The highest BCUT2D eigenvalue weighted by Gasteiger charge is 2.07. The van der Waals surface area contributed by atoms with Crippen molar-refractivity contribution in [3.05, 3.63) is 40.1 Å². The van der Waals surface area contributed by atoms with Crippen molar-refractivity contribution in [1.29, 1.82) is 0 Å². The fraction of sp³-hybridized carbons (Fsp3) is 0.308. The van der Waals surface area contributed by atoms with Crippen molar-refractivity contribution in [2.24, 2.45) is 5.73 Å². The smallest absolute Gasteiger partial charge is 0.252 e. The summed E-state index contributed by atoms with van der Waals surface area (Å²) < 4.78 is 0. The van der Waals surface area contributed by atoms with Gasteiger partial charge in [-0.3, -0.25) is 9.78 Å². The van der Waals surface area contributed by atoms with Gasteiger partial charge >= 0.3 is 0 Å². The summed E-state index contributed by atoms with van der Waals surface area (Å²) in [7, 11) is 0. The van der Waals surface area contributed by atoms with Crippen molar-refractivity contribution in [3.8, 4) is 0 Å². The Bertz CT molecular complexity index is 567. The van der Waals surface area contributed by atoms with Crippen LogP contribution in [0.1, 0.15) is 27.2 Å². The predicted octanol–water partition coefficient (Wildman–Crippen LogP) is 1.85. The standard InChI is InChI=1S/C13H16N4OS/c1-2-9-7-17-12(19-9)4-6-16-11-3-5-15-8-10(11)13(14)18/h3,5,7-8H,2,4,6H2,1H3,(H2,14,18)(H,15,16). The van der Waals surface area contributed by atoms with Crippen molar-refractivity contribution < 1.29 is 4.79 Å². The number of nitrogens with two attached hydrogens (primary N) is 1. The van der Waals surface area contributed by atoms with E-state index < -0.39 is 5.91 Å². The van der Waals surface area contributed by atoms with Crippen LogP contribution in [0.15, 0.2) is 24.7 Å². The minimum atomic E-state index is -0.474. The van der Waals surface area contributed by atoms with Gasteiger partial charge in [-0.15, -0.1) is 11.3 Å². The van der Waals surface area contributed by atoms with Gasteiger partial charge in [-0.25, -0.2) is 4.98 Å². The van der Waals surface area contributed by atoms with Crippen LogP contribution in [-0.2, 0) is 12.8 Å². The molecule has 6 heteroatoms. The molecule has 2 heterocycles. The summed E-state index contributed by atoms with van der Waals surface area (Å²) in [5.74, 6) is -0.474. The molecule has 0 aliphatic rings. The number of pyridine rings is 1. The molecule has 0 spiro atoms. The number of primary amides is 1. The van der Waals surface area contributed by atoms with Crippen molar-refractivity contribution >= 4 is 22.9 Å². The van der Waals surface area contributed by atoms with Gasteiger partial charge in [0.25, 0.3) is 5.91 Å². The van der Waals surface area contributed by atoms with Gasteiger partial charge in [-0.1, -0.05) is 6.92 Å². The molecule has 19 heavy (non-hydrogen) atoms. The lowest BCUT2D eigenvalue weighted by molar-refractivity contribution is 0.100. The molecule has 0 bridgehead atoms. The predicted molar refractivity (Wildman–Crippen MR) is 76.4 cm³/mol. The van der Waals surface area contributed by atoms with Gasteiger partial charge in [0.05, 0.1) is 16.3 Å². The van der Waals surface area contributed by atoms with Gasteiger partial charge in [0, 0.05) is 36.4 Å². The lowest BCUT2D eigenvalue weighted by Gasteiger charge is -2.08. The molecule has 1 amide bonds. The molecular formula is C13H16N4OS. The summed E-state index contributed by atoms with van der Waals surface area (Å²) in [6, 6.07) is 1.75. The van der Waals surface area contributed by atoms with Crippen LogP contribution in [0.2, 0.25) is 0 Å². The lowest BCUT2D eigenvalue weighted by atomic mass is 10.2. The quantitative estimate of drug-likeness (QED) is 0.843. The van der Waals surface area contributed by atoms with Gasteiger partial charge in [0.1, 0.15) is 0 Å². The zero-order chi connectivity index (χ0) is 13.7. The second-order valence-electron chi connectivity index (χ2n) is 4.04. The Morgan fingerprint density at radius 1 is 1.47 bits per heavy atom. The molecule has 0 radical (unpaired) electrons. The van der Waals surface area contributed by atoms with Gasteiger partial charge in [0.15, 0.2) is 0 Å². The minimum absolute atomic E-state index is 0.413. The summed E-state index contributed by atoms with van der Waals surface area (Å²) >= 11 is 1.72. The Hall–Kier alpha value is -1.95. The summed E-state index contributed by atoms with van der Waals surface area (Å²) in [6.07, 6.45) is 6.87. The van der Waals surface area contributed by atoms with Gasteiger partial charge in [0.2, 0.25) is 0 Å². The highest BCUT2D eigenvalue weighted by Crippen LogP contribution is 2.15. The van der Waals surface area contributed by atoms with E-state index in [0.29, 0.717) is 12.1 Å². The van der Waals surface area contributed by atoms with E-state index in [1.165, 1.54) is 11.1 Å². The summed E-state index contributed by atoms with van der Waals surface area (Å²) in [5, 5.41) is 4.29. The van der Waals surface area contributed by atoms with Crippen molar-refractivity contribution in [1.82, 2.24) is 9.97 Å². The second-order valence-corrected chi connectivity index (χ2v) is 5.24. The van der Waals surface area contributed by atoms with E-state index >= 15 is 0 Å². The average molecular weight is 276 g/mol. The van der Waals surface area contributed by atoms with Crippen molar-refractivity contribution in [2.45, 2.75) is 19.8 Å². The molecule has 0 aliphatic carbocycles. The third-order valence-electron chi connectivity index (χ3n) is 2.69. The molecule has 2 aromatic rings. The third kappa shape index (κ3) is 3.51. The number of carbonyl (C=O) groups excluding carboxylic acids is 1. The van der Waals surface area contributed by atoms with Crippen LogP contribution in [0, 0.1) is 0 Å². The Balaban J connectivity index is 1.94. The van der Waals surface area contributed by atoms with Crippen LogP contribution < -0.4 is 11.1 Å². The van der Waals surface area contributed by atoms with E-state index in [2.05, 4.69) is 22.2 Å². The van der Waals surface area contributed by atoms with Crippen molar-refractivity contribution in [2.75, 3.05) is 11.9 Å². The topological polar surface area (TPSA) is 80.9 Å². The fourth-order valence-corrected chi connectivity index (χ4v) is 2.54. The van der Waals surface area contributed by atoms with E-state index in [1.54, 1.807) is 23.6 Å². The molecule has 2 aromatic heterocycles. The third-order valence-corrected chi connectivity index (χ3v) is 3.89. The number of rotatable bonds is 6. The van der Waals surface area contributed by atoms with Crippen LogP contribution >= 0.6 is 11.3 Å². The van der Waals surface area contributed by atoms with Gasteiger partial charge < -0.3 is 11.1 Å². The SMILES string of the molecule is CCc1cnc(CCNc2ccncc2C(N)=O)s1. The number of hydrogen-bond acceptors (Lipinski definition) is 5. The van der Waals surface area contributed by atoms with Crippen LogP contribution in [0.5, 0.6) is 0 Å². The van der Waals surface area contributed by atoms with Gasteiger partial charge in [-0.2, -0.15) is 0 Å². The normalized spacial score (nSPS) is 10.4. The number of aromatic nitrogens is 2. The molecule has 0 saturated carbocycles. The number of nitrogens with zero attached hydrogens (tertiary/aromatic N) is 2. The summed E-state index contributed by atoms with van der Waals surface area (Å²) in [4.78, 5) is 20.8. The molecule has 0 fully saturated rings. The molecule has 5 nitrogen and oxygen atoms in total. The molecule has 0 atom stereocenters. The first kappa shape index (κ1) is 13.5. The first-order valence-electron chi connectivity index (χ1n) is 6.12. The number of hydrogen-bond donors (Lipinski definition) is 2. The zero-order valence-electron chi connectivity index (χ0n) is 10.7. The Labute approximate surface area is 115 Å². The lowest BCUT2D eigenvalue weighted by Crippen LogP contribution is -2.15. The molecule has 0 aliphatic heterocycles. The van der Waals surface area contributed by atoms with E-state index in [9.17, 15) is 4.79 Å². The molecule has 0 saturated heterocycles. The Kier molecular flexibility index (Phi) is 4.46. The van der Waals surface area contributed by atoms with E-state index in [-0.39, 0.29) is 0 Å². The summed E-state index contributed by atoms with van der Waals surface area (Å²) in [6.45, 7) is 2.83. The molecule has 0 unspecified atom stereocenters. The maximum absolute atomic E-state index is 11.2. The Morgan fingerprint density at radius 3 is 3.00 bits per heavy atom. The van der Waals surface area contributed by atoms with Crippen LogP contribution in [0.4, 0.5) is 5.69 Å². The molecule has 0 aromatic carbocycles. The Morgan fingerprint density at radius 2 is 2.32 bits per heavy atom. The van der Waals surface area contributed by atoms with Crippen LogP contribution in [0.3, 0.4) is 0 Å². The molecular weight excluding hydrogens is 260 g/mol. The van der Waals surface area contributed by atoms with E-state index in [0.717, 1.165) is 23.5 Å². The maximum Gasteiger partial charge on any atom is 0.252 e. The molecule has 3 N–H and O–H groups in total. The monoisotopic (exact) mass is 276 g/mol. The number of nitrogens with one attached hydrogen (secondary N) is 1. The number of amides is 1. The number of aryl methyl sites for hydroxylation is 1. The van der Waals surface area contributed by atoms with E-state index in [4.69, 9.17) is 5.73 Å². The zero-order valence-corrected chi connectivity index (χ0v) is 11.5. The van der Waals surface area contributed by atoms with Gasteiger partial charge in [-0.05, 0) is 12.5 Å². The average Bonchev–Trinajstić information content (AvgIpc) is 2.87. The minimum Gasteiger partial charge on any atom is -0.384 e. The van der Waals surface area contributed by atoms with E-state index in [1.807, 2.05) is 6.20 Å². The number of anilines is 1. The summed E-state index contributed by atoms with van der Waals surface area (Å²) in [5.41, 5.74) is 6.42. The highest BCUT2D eigenvalue weighted by molar-refractivity contribution is 7.11. The first-order valence-corrected chi connectivity index (χ1v) is 6.93. The second kappa shape index (κ2) is 6.29. The fourth-order valence-electron chi connectivity index (χ4n) is 1.68. The van der Waals surface area contributed by atoms with Crippen LogP contribution in [0.25, 0.3) is 0 Å². The molecule has 2 rings (SSSR count). The number of thiazole rings is 1. The van der Waals surface area contributed by atoms with Crippen molar-refractivity contribution in [3.63, 3.8) is 0 Å².